The molecule has 0 aliphatic carbocycles. The summed E-state index contributed by atoms with van der Waals surface area (Å²) < 4.78 is 60.5. The maximum absolute atomic E-state index is 12.6. The number of halogens is 3. The summed E-state index contributed by atoms with van der Waals surface area (Å²) in [5.41, 5.74) is 2.03. The van der Waals surface area contributed by atoms with Crippen molar-refractivity contribution < 1.29 is 26.4 Å². The number of nitrogens with two attached hydrogens (primary N) is 1. The van der Waals surface area contributed by atoms with Crippen LogP contribution >= 0.6 is 0 Å². The summed E-state index contributed by atoms with van der Waals surface area (Å²) in [5.74, 6) is -1.97. The Bertz CT molecular complexity index is 444. The van der Waals surface area contributed by atoms with Gasteiger partial charge in [0.2, 0.25) is 0 Å². The lowest BCUT2D eigenvalue weighted by Gasteiger charge is -2.38. The van der Waals surface area contributed by atoms with E-state index >= 15 is 0 Å². The van der Waals surface area contributed by atoms with Gasteiger partial charge in [0.05, 0.1) is 11.5 Å². The highest BCUT2D eigenvalue weighted by molar-refractivity contribution is 7.91. The van der Waals surface area contributed by atoms with E-state index in [4.69, 9.17) is 5.73 Å². The van der Waals surface area contributed by atoms with Gasteiger partial charge in [-0.2, -0.15) is 13.2 Å². The Morgan fingerprint density at radius 2 is 1.89 bits per heavy atom. The van der Waals surface area contributed by atoms with Gasteiger partial charge in [0.25, 0.3) is 5.91 Å². The minimum Gasteiger partial charge on any atom is -0.336 e. The van der Waals surface area contributed by atoms with E-state index in [1.807, 2.05) is 0 Å². The van der Waals surface area contributed by atoms with Gasteiger partial charge in [-0.1, -0.05) is 0 Å². The standard InChI is InChI=1S/C9H15F3N2O3S/c1-6-5-18(16,17)4-3-14(6)7(15)8(2,13)9(10,11)12/h6H,3-5,13H2,1-2H3. The molecule has 2 unspecified atom stereocenters. The second-order valence-corrected chi connectivity index (χ2v) is 6.89. The molecule has 1 fully saturated rings. The predicted molar refractivity (Wildman–Crippen MR) is 58.5 cm³/mol. The predicted octanol–water partition coefficient (Wildman–Crippen LogP) is -0.0884. The summed E-state index contributed by atoms with van der Waals surface area (Å²) in [4.78, 5) is 12.7. The van der Waals surface area contributed by atoms with Crippen LogP contribution in [0.25, 0.3) is 0 Å². The summed E-state index contributed by atoms with van der Waals surface area (Å²) in [6.07, 6.45) is -4.87. The van der Waals surface area contributed by atoms with Gasteiger partial charge in [0, 0.05) is 12.6 Å². The molecule has 2 atom stereocenters. The van der Waals surface area contributed by atoms with Crippen molar-refractivity contribution in [2.75, 3.05) is 18.1 Å². The van der Waals surface area contributed by atoms with Crippen LogP contribution in [0.4, 0.5) is 13.2 Å². The smallest absolute Gasteiger partial charge is 0.336 e. The van der Waals surface area contributed by atoms with E-state index in [0.717, 1.165) is 4.90 Å². The molecule has 1 heterocycles. The zero-order chi connectivity index (χ0) is 14.4. The zero-order valence-corrected chi connectivity index (χ0v) is 10.8. The number of hydrogen-bond donors (Lipinski definition) is 1. The highest BCUT2D eigenvalue weighted by Crippen LogP contribution is 2.30. The van der Waals surface area contributed by atoms with Crippen molar-refractivity contribution in [1.29, 1.82) is 0 Å². The van der Waals surface area contributed by atoms with Gasteiger partial charge in [-0.25, -0.2) is 8.42 Å². The first kappa shape index (κ1) is 15.2. The van der Waals surface area contributed by atoms with Crippen LogP contribution < -0.4 is 5.73 Å². The fraction of sp³-hybridized carbons (Fsp3) is 0.889. The van der Waals surface area contributed by atoms with Crippen molar-refractivity contribution >= 4 is 15.7 Å². The molecule has 0 aromatic carbocycles. The molecule has 2 N–H and O–H groups in total. The first-order valence-electron chi connectivity index (χ1n) is 5.25. The van der Waals surface area contributed by atoms with E-state index in [1.165, 1.54) is 6.92 Å². The van der Waals surface area contributed by atoms with Crippen LogP contribution in [0, 0.1) is 0 Å². The summed E-state index contributed by atoms with van der Waals surface area (Å²) in [6.45, 7) is 1.72. The van der Waals surface area contributed by atoms with Crippen LogP contribution in [-0.2, 0) is 14.6 Å². The monoisotopic (exact) mass is 288 g/mol. The zero-order valence-electron chi connectivity index (χ0n) is 9.99. The van der Waals surface area contributed by atoms with Gasteiger partial charge in [0.15, 0.2) is 15.4 Å². The summed E-state index contributed by atoms with van der Waals surface area (Å²) >= 11 is 0. The molecule has 1 rings (SSSR count). The molecule has 106 valence electrons. The topological polar surface area (TPSA) is 80.5 Å². The van der Waals surface area contributed by atoms with Gasteiger partial charge in [0.1, 0.15) is 0 Å². The fourth-order valence-electron chi connectivity index (χ4n) is 1.72. The van der Waals surface area contributed by atoms with Crippen molar-refractivity contribution in [3.63, 3.8) is 0 Å². The third-order valence-electron chi connectivity index (χ3n) is 2.96. The Kier molecular flexibility index (Phi) is 3.70. The fourth-order valence-corrected chi connectivity index (χ4v) is 3.28. The first-order chi connectivity index (χ1) is 7.88. The molecule has 18 heavy (non-hydrogen) atoms. The van der Waals surface area contributed by atoms with Crippen LogP contribution in [0.2, 0.25) is 0 Å². The Labute approximate surface area is 103 Å². The number of nitrogens with zero attached hydrogens (tertiary/aromatic N) is 1. The third kappa shape index (κ3) is 2.77. The SMILES string of the molecule is CC1CS(=O)(=O)CCN1C(=O)C(C)(N)C(F)(F)F. The molecule has 0 aromatic heterocycles. The van der Waals surface area contributed by atoms with Crippen LogP contribution in [0.5, 0.6) is 0 Å². The molecular weight excluding hydrogens is 273 g/mol. The Balaban J connectivity index is 2.93. The number of hydrogen-bond acceptors (Lipinski definition) is 4. The van der Waals surface area contributed by atoms with E-state index in [0.29, 0.717) is 6.92 Å². The van der Waals surface area contributed by atoms with Crippen molar-refractivity contribution in [2.24, 2.45) is 5.73 Å². The number of rotatable bonds is 1. The van der Waals surface area contributed by atoms with Crippen LogP contribution in [0.1, 0.15) is 13.8 Å². The average Bonchev–Trinajstić information content (AvgIpc) is 2.13. The van der Waals surface area contributed by atoms with E-state index in [-0.39, 0.29) is 18.1 Å². The molecule has 1 saturated heterocycles. The van der Waals surface area contributed by atoms with Crippen molar-refractivity contribution in [3.05, 3.63) is 0 Å². The molecule has 9 heteroatoms. The third-order valence-corrected chi connectivity index (χ3v) is 4.76. The van der Waals surface area contributed by atoms with E-state index < -0.39 is 33.5 Å². The molecule has 1 amide bonds. The quantitative estimate of drug-likeness (QED) is 0.731. The lowest BCUT2D eigenvalue weighted by Crippen LogP contribution is -2.65. The Morgan fingerprint density at radius 3 is 2.28 bits per heavy atom. The molecule has 0 radical (unpaired) electrons. The van der Waals surface area contributed by atoms with E-state index in [2.05, 4.69) is 0 Å². The van der Waals surface area contributed by atoms with Gasteiger partial charge < -0.3 is 10.6 Å². The second kappa shape index (κ2) is 4.37. The molecule has 1 aliphatic rings. The molecular formula is C9H15F3N2O3S. The van der Waals surface area contributed by atoms with Crippen LogP contribution in [-0.4, -0.2) is 55.0 Å². The average molecular weight is 288 g/mol. The highest BCUT2D eigenvalue weighted by atomic mass is 32.2. The largest absolute Gasteiger partial charge is 0.415 e. The first-order valence-corrected chi connectivity index (χ1v) is 7.08. The van der Waals surface area contributed by atoms with Gasteiger partial charge in [-0.15, -0.1) is 0 Å². The second-order valence-electron chi connectivity index (χ2n) is 4.66. The number of amides is 1. The number of carbonyl (C=O) groups excluding carboxylic acids is 1. The number of carbonyl (C=O) groups is 1. The van der Waals surface area contributed by atoms with Gasteiger partial charge in [-0.3, -0.25) is 4.79 Å². The molecule has 1 aliphatic heterocycles. The van der Waals surface area contributed by atoms with Gasteiger partial charge >= 0.3 is 6.18 Å². The van der Waals surface area contributed by atoms with Crippen molar-refractivity contribution in [2.45, 2.75) is 31.6 Å². The maximum Gasteiger partial charge on any atom is 0.415 e. The molecule has 0 bridgehead atoms. The van der Waals surface area contributed by atoms with Crippen molar-refractivity contribution in [3.8, 4) is 0 Å². The minimum absolute atomic E-state index is 0.259. The minimum atomic E-state index is -4.87. The maximum atomic E-state index is 12.6. The summed E-state index contributed by atoms with van der Waals surface area (Å²) in [5, 5.41) is 0. The Hall–Kier alpha value is -0.830. The summed E-state index contributed by atoms with van der Waals surface area (Å²) in [6, 6.07) is -0.804. The molecule has 0 aromatic rings. The highest BCUT2D eigenvalue weighted by Gasteiger charge is 2.56. The molecule has 0 saturated carbocycles. The summed E-state index contributed by atoms with van der Waals surface area (Å²) in [7, 11) is -3.30. The Morgan fingerprint density at radius 1 is 1.39 bits per heavy atom. The number of alkyl halides is 3. The lowest BCUT2D eigenvalue weighted by molar-refractivity contribution is -0.194. The van der Waals surface area contributed by atoms with Gasteiger partial charge in [-0.05, 0) is 13.8 Å². The van der Waals surface area contributed by atoms with Crippen LogP contribution in [0.3, 0.4) is 0 Å². The van der Waals surface area contributed by atoms with Crippen molar-refractivity contribution in [1.82, 2.24) is 4.90 Å². The van der Waals surface area contributed by atoms with E-state index in [9.17, 15) is 26.4 Å². The molecule has 0 spiro atoms. The lowest BCUT2D eigenvalue weighted by atomic mass is 10.0. The van der Waals surface area contributed by atoms with Crippen LogP contribution in [0.15, 0.2) is 0 Å². The normalized spacial score (nSPS) is 27.7. The number of sulfone groups is 1. The molecule has 5 nitrogen and oxygen atoms in total. The van der Waals surface area contributed by atoms with E-state index in [1.54, 1.807) is 0 Å².